The van der Waals surface area contributed by atoms with Crippen molar-refractivity contribution in [3.63, 3.8) is 0 Å². The molecule has 4 nitrogen and oxygen atoms in total. The van der Waals surface area contributed by atoms with Crippen LogP contribution < -0.4 is 4.74 Å². The Kier molecular flexibility index (Phi) is 3.25. The van der Waals surface area contributed by atoms with Crippen LogP contribution in [0.5, 0.6) is 5.75 Å². The zero-order valence-corrected chi connectivity index (χ0v) is 10.4. The highest BCUT2D eigenvalue weighted by Crippen LogP contribution is 2.46. The number of para-hydroxylation sites is 1. The van der Waals surface area contributed by atoms with Crippen LogP contribution in [-0.2, 0) is 4.79 Å². The fourth-order valence-corrected chi connectivity index (χ4v) is 2.08. The molecule has 0 fully saturated rings. The van der Waals surface area contributed by atoms with Gasteiger partial charge in [0, 0.05) is 5.56 Å². The largest absolute Gasteiger partial charge is 0.478 e. The molecule has 2 N–H and O–H groups in total. The Morgan fingerprint density at radius 3 is 2.55 bits per heavy atom. The molecule has 20 heavy (non-hydrogen) atoms. The van der Waals surface area contributed by atoms with Gasteiger partial charge in [0.25, 0.3) is 5.60 Å². The summed E-state index contributed by atoms with van der Waals surface area (Å²) in [6.45, 7) is 0.0271. The van der Waals surface area contributed by atoms with Crippen LogP contribution in [0.4, 0.5) is 13.2 Å². The summed E-state index contributed by atoms with van der Waals surface area (Å²) in [5, 5.41) is 18.2. The molecule has 1 atom stereocenters. The highest BCUT2D eigenvalue weighted by Gasteiger charge is 2.63. The van der Waals surface area contributed by atoms with Crippen molar-refractivity contribution in [2.24, 2.45) is 0 Å². The molecule has 7 heteroatoms. The van der Waals surface area contributed by atoms with E-state index in [0.717, 1.165) is 6.08 Å². The van der Waals surface area contributed by atoms with Gasteiger partial charge in [-0.2, -0.15) is 13.2 Å². The minimum Gasteiger partial charge on any atom is -0.478 e. The van der Waals surface area contributed by atoms with Crippen molar-refractivity contribution in [2.45, 2.75) is 18.7 Å². The Morgan fingerprint density at radius 2 is 2.05 bits per heavy atom. The van der Waals surface area contributed by atoms with Crippen LogP contribution in [-0.4, -0.2) is 34.6 Å². The molecule has 0 bridgehead atoms. The van der Waals surface area contributed by atoms with Crippen molar-refractivity contribution >= 4 is 12.0 Å². The summed E-state index contributed by atoms with van der Waals surface area (Å²) >= 11 is 0. The van der Waals surface area contributed by atoms with Gasteiger partial charge in [-0.1, -0.05) is 18.2 Å². The van der Waals surface area contributed by atoms with Crippen molar-refractivity contribution in [2.75, 3.05) is 6.61 Å². The van der Waals surface area contributed by atoms with Crippen LogP contribution in [0, 0.1) is 6.92 Å². The number of carbonyl (C=O) groups is 1. The quantitative estimate of drug-likeness (QED) is 0.875. The SMILES string of the molecule is Cc1cccc2c1OC(CO)(C(F)(F)F)C(C(=O)O)=C2. The predicted octanol–water partition coefficient (Wildman–Crippen LogP) is 2.15. The maximum atomic E-state index is 13.2. The molecule has 0 saturated carbocycles. The molecular weight excluding hydrogens is 277 g/mol. The normalized spacial score (nSPS) is 21.8. The molecular formula is C13H11F3O4. The molecule has 0 saturated heterocycles. The third-order valence-corrected chi connectivity index (χ3v) is 3.16. The molecule has 1 aromatic carbocycles. The Balaban J connectivity index is 2.73. The molecule has 2 rings (SSSR count). The first-order valence-electron chi connectivity index (χ1n) is 5.64. The molecule has 1 aliphatic heterocycles. The number of aliphatic carboxylic acids is 1. The van der Waals surface area contributed by atoms with Crippen molar-refractivity contribution in [3.05, 3.63) is 34.9 Å². The second-order valence-corrected chi connectivity index (χ2v) is 4.44. The van der Waals surface area contributed by atoms with Crippen LogP contribution in [0.3, 0.4) is 0 Å². The number of aliphatic hydroxyl groups is 1. The second-order valence-electron chi connectivity index (χ2n) is 4.44. The van der Waals surface area contributed by atoms with Gasteiger partial charge in [-0.25, -0.2) is 4.79 Å². The number of carboxylic acids is 1. The Bertz CT molecular complexity index is 592. The summed E-state index contributed by atoms with van der Waals surface area (Å²) < 4.78 is 44.6. The van der Waals surface area contributed by atoms with Gasteiger partial charge in [-0.3, -0.25) is 0 Å². The van der Waals surface area contributed by atoms with Crippen LogP contribution >= 0.6 is 0 Å². The fraction of sp³-hybridized carbons (Fsp3) is 0.308. The van der Waals surface area contributed by atoms with Gasteiger partial charge in [0.15, 0.2) is 0 Å². The van der Waals surface area contributed by atoms with Gasteiger partial charge in [0.05, 0.1) is 12.2 Å². The first-order valence-corrected chi connectivity index (χ1v) is 5.64. The fourth-order valence-electron chi connectivity index (χ4n) is 2.08. The number of rotatable bonds is 2. The molecule has 0 aliphatic carbocycles. The molecule has 1 unspecified atom stereocenters. The number of benzene rings is 1. The monoisotopic (exact) mass is 288 g/mol. The van der Waals surface area contributed by atoms with Crippen molar-refractivity contribution in [1.82, 2.24) is 0 Å². The van der Waals surface area contributed by atoms with E-state index >= 15 is 0 Å². The number of hydrogen-bond acceptors (Lipinski definition) is 3. The van der Waals surface area contributed by atoms with E-state index in [0.29, 0.717) is 5.56 Å². The number of aryl methyl sites for hydroxylation is 1. The van der Waals surface area contributed by atoms with Crippen LogP contribution in [0.15, 0.2) is 23.8 Å². The van der Waals surface area contributed by atoms with E-state index in [1.165, 1.54) is 19.1 Å². The number of ether oxygens (including phenoxy) is 1. The Hall–Kier alpha value is -2.02. The third-order valence-electron chi connectivity index (χ3n) is 3.16. The summed E-state index contributed by atoms with van der Waals surface area (Å²) in [6.07, 6.45) is -4.18. The predicted molar refractivity (Wildman–Crippen MR) is 63.3 cm³/mol. The Morgan fingerprint density at radius 1 is 1.40 bits per heavy atom. The lowest BCUT2D eigenvalue weighted by atomic mass is 9.88. The summed E-state index contributed by atoms with van der Waals surface area (Å²) in [5.41, 5.74) is -3.63. The van der Waals surface area contributed by atoms with Crippen molar-refractivity contribution < 1.29 is 32.9 Å². The van der Waals surface area contributed by atoms with Gasteiger partial charge in [0.2, 0.25) is 0 Å². The molecule has 0 spiro atoms. The van der Waals surface area contributed by atoms with E-state index in [1.807, 2.05) is 0 Å². The zero-order valence-electron chi connectivity index (χ0n) is 10.4. The number of halogens is 3. The zero-order chi connectivity index (χ0) is 15.1. The first kappa shape index (κ1) is 14.4. The lowest BCUT2D eigenvalue weighted by molar-refractivity contribution is -0.245. The standard InChI is InChI=1S/C13H11F3O4/c1-7-3-2-4-8-5-9(11(18)19)12(6-17,13(14,15)16)20-10(7)8/h2-5,17H,6H2,1H3,(H,18,19). The molecule has 108 valence electrons. The Labute approximate surface area is 112 Å². The number of fused-ring (bicyclic) bond motifs is 1. The van der Waals surface area contributed by atoms with Gasteiger partial charge >= 0.3 is 12.1 Å². The number of aliphatic hydroxyl groups excluding tert-OH is 1. The number of hydrogen-bond donors (Lipinski definition) is 2. The van der Waals surface area contributed by atoms with Crippen molar-refractivity contribution in [3.8, 4) is 5.75 Å². The summed E-state index contributed by atoms with van der Waals surface area (Å²) in [7, 11) is 0. The van der Waals surface area contributed by atoms with E-state index in [2.05, 4.69) is 0 Å². The van der Waals surface area contributed by atoms with Crippen LogP contribution in [0.25, 0.3) is 6.08 Å². The summed E-state index contributed by atoms with van der Waals surface area (Å²) in [4.78, 5) is 11.1. The van der Waals surface area contributed by atoms with E-state index < -0.39 is 29.9 Å². The highest BCUT2D eigenvalue weighted by molar-refractivity contribution is 5.96. The van der Waals surface area contributed by atoms with E-state index in [9.17, 15) is 18.0 Å². The van der Waals surface area contributed by atoms with E-state index in [-0.39, 0.29) is 11.3 Å². The minimum atomic E-state index is -5.06. The average Bonchev–Trinajstić information content (AvgIpc) is 2.36. The molecule has 1 heterocycles. The molecule has 1 aromatic rings. The average molecular weight is 288 g/mol. The first-order chi connectivity index (χ1) is 9.23. The lowest BCUT2D eigenvalue weighted by Crippen LogP contribution is -2.57. The summed E-state index contributed by atoms with van der Waals surface area (Å²) in [6, 6.07) is 4.56. The van der Waals surface area contributed by atoms with Crippen LogP contribution in [0.1, 0.15) is 11.1 Å². The number of alkyl halides is 3. The van der Waals surface area contributed by atoms with Crippen LogP contribution in [0.2, 0.25) is 0 Å². The number of carboxylic acid groups (broad SMARTS) is 1. The maximum absolute atomic E-state index is 13.2. The second kappa shape index (κ2) is 4.52. The smallest absolute Gasteiger partial charge is 0.435 e. The van der Waals surface area contributed by atoms with Crippen molar-refractivity contribution in [1.29, 1.82) is 0 Å². The molecule has 0 aromatic heterocycles. The van der Waals surface area contributed by atoms with E-state index in [1.54, 1.807) is 6.07 Å². The van der Waals surface area contributed by atoms with Gasteiger partial charge in [-0.05, 0) is 18.6 Å². The van der Waals surface area contributed by atoms with Gasteiger partial charge in [0.1, 0.15) is 5.75 Å². The molecule has 0 radical (unpaired) electrons. The summed E-state index contributed by atoms with van der Waals surface area (Å²) in [5.74, 6) is -1.87. The van der Waals surface area contributed by atoms with Gasteiger partial charge in [-0.15, -0.1) is 0 Å². The third kappa shape index (κ3) is 1.94. The topological polar surface area (TPSA) is 66.8 Å². The van der Waals surface area contributed by atoms with E-state index in [4.69, 9.17) is 14.9 Å². The highest BCUT2D eigenvalue weighted by atomic mass is 19.4. The minimum absolute atomic E-state index is 0.0797. The molecule has 0 amide bonds. The lowest BCUT2D eigenvalue weighted by Gasteiger charge is -2.38. The van der Waals surface area contributed by atoms with Gasteiger partial charge < -0.3 is 14.9 Å². The maximum Gasteiger partial charge on any atom is 0.435 e. The molecule has 1 aliphatic rings.